The molecule has 198 valence electrons. The van der Waals surface area contributed by atoms with Crippen molar-refractivity contribution in [1.82, 2.24) is 4.90 Å². The fourth-order valence-electron chi connectivity index (χ4n) is 4.64. The zero-order chi connectivity index (χ0) is 27.2. The Hall–Kier alpha value is -4.33. The number of imide groups is 1. The lowest BCUT2D eigenvalue weighted by Gasteiger charge is -2.28. The quantitative estimate of drug-likeness (QED) is 0.371. The number of carbonyl (C=O) groups is 3. The Morgan fingerprint density at radius 3 is 2.34 bits per heavy atom. The van der Waals surface area contributed by atoms with Crippen molar-refractivity contribution >= 4 is 23.4 Å². The molecule has 1 atom stereocenters. The number of ether oxygens (including phenoxy) is 3. The van der Waals surface area contributed by atoms with Gasteiger partial charge in [-0.2, -0.15) is 0 Å². The Labute approximate surface area is 222 Å². The van der Waals surface area contributed by atoms with E-state index in [0.29, 0.717) is 41.5 Å². The molecule has 38 heavy (non-hydrogen) atoms. The lowest BCUT2D eigenvalue weighted by atomic mass is 10.0. The number of aryl methyl sites for hydroxylation is 1. The Balaban J connectivity index is 1.63. The molecule has 3 aromatic carbocycles. The molecule has 1 unspecified atom stereocenters. The van der Waals surface area contributed by atoms with Gasteiger partial charge in [-0.25, -0.2) is 4.90 Å². The third kappa shape index (κ3) is 5.49. The maximum Gasteiger partial charge on any atom is 0.257 e. The molecular formula is C30H32N2O6. The van der Waals surface area contributed by atoms with Crippen LogP contribution in [0.4, 0.5) is 5.69 Å². The minimum Gasteiger partial charge on any atom is -0.494 e. The topological polar surface area (TPSA) is 85.4 Å². The van der Waals surface area contributed by atoms with Crippen LogP contribution in [0.15, 0.2) is 66.7 Å². The number of rotatable bonds is 10. The molecule has 8 nitrogen and oxygen atoms in total. The smallest absolute Gasteiger partial charge is 0.257 e. The van der Waals surface area contributed by atoms with Gasteiger partial charge in [-0.1, -0.05) is 24.3 Å². The van der Waals surface area contributed by atoms with Crippen LogP contribution in [0, 0.1) is 6.92 Å². The number of hydrogen-bond acceptors (Lipinski definition) is 6. The number of hydrogen-bond donors (Lipinski definition) is 0. The molecule has 0 aliphatic carbocycles. The molecule has 1 aliphatic rings. The average molecular weight is 517 g/mol. The number of anilines is 1. The maximum atomic E-state index is 13.8. The number of nitrogens with zero attached hydrogens (tertiary/aromatic N) is 2. The molecule has 0 N–H and O–H groups in total. The van der Waals surface area contributed by atoms with Crippen LogP contribution in [0.3, 0.4) is 0 Å². The van der Waals surface area contributed by atoms with Gasteiger partial charge in [0, 0.05) is 12.1 Å². The van der Waals surface area contributed by atoms with Crippen molar-refractivity contribution in [2.75, 3.05) is 32.3 Å². The van der Waals surface area contributed by atoms with Crippen molar-refractivity contribution in [2.45, 2.75) is 32.7 Å². The summed E-state index contributed by atoms with van der Waals surface area (Å²) in [5, 5.41) is 0. The van der Waals surface area contributed by atoms with Crippen molar-refractivity contribution in [1.29, 1.82) is 0 Å². The molecule has 1 saturated heterocycles. The lowest BCUT2D eigenvalue weighted by molar-refractivity contribution is -0.122. The van der Waals surface area contributed by atoms with E-state index < -0.39 is 11.9 Å². The monoisotopic (exact) mass is 516 g/mol. The second kappa shape index (κ2) is 11.8. The summed E-state index contributed by atoms with van der Waals surface area (Å²) < 4.78 is 16.2. The van der Waals surface area contributed by atoms with Gasteiger partial charge in [-0.15, -0.1) is 0 Å². The molecule has 4 rings (SSSR count). The van der Waals surface area contributed by atoms with Gasteiger partial charge in [0.2, 0.25) is 5.91 Å². The lowest BCUT2D eigenvalue weighted by Crippen LogP contribution is -2.46. The van der Waals surface area contributed by atoms with Gasteiger partial charge in [0.25, 0.3) is 11.8 Å². The third-order valence-electron chi connectivity index (χ3n) is 6.63. The molecule has 0 saturated carbocycles. The Bertz CT molecular complexity index is 1320. The molecule has 1 aliphatic heterocycles. The van der Waals surface area contributed by atoms with E-state index in [2.05, 4.69) is 0 Å². The Morgan fingerprint density at radius 1 is 0.974 bits per heavy atom. The number of carbonyl (C=O) groups excluding carboxylic acids is 3. The SMILES string of the molecule is CCOc1ccc(N2C(=O)CC(N(CCc3ccc(OC)c(OC)c3)C(=O)c3ccccc3C)C2=O)cc1. The van der Waals surface area contributed by atoms with Gasteiger partial charge in [-0.3, -0.25) is 14.4 Å². The molecule has 1 heterocycles. The number of benzene rings is 3. The van der Waals surface area contributed by atoms with Crippen LogP contribution in [0.1, 0.15) is 34.8 Å². The first-order chi connectivity index (χ1) is 18.4. The van der Waals surface area contributed by atoms with Gasteiger partial charge in [0.15, 0.2) is 11.5 Å². The first-order valence-corrected chi connectivity index (χ1v) is 12.5. The predicted octanol–water partition coefficient (Wildman–Crippen LogP) is 4.43. The number of methoxy groups -OCH3 is 2. The van der Waals surface area contributed by atoms with Crippen LogP contribution in [0.2, 0.25) is 0 Å². The van der Waals surface area contributed by atoms with Gasteiger partial charge >= 0.3 is 0 Å². The molecule has 1 fully saturated rings. The zero-order valence-electron chi connectivity index (χ0n) is 22.1. The van der Waals surface area contributed by atoms with E-state index in [1.807, 2.05) is 38.1 Å². The van der Waals surface area contributed by atoms with Crippen LogP contribution >= 0.6 is 0 Å². The molecule has 0 aromatic heterocycles. The summed E-state index contributed by atoms with van der Waals surface area (Å²) in [5.41, 5.74) is 2.66. The minimum atomic E-state index is -0.915. The Morgan fingerprint density at radius 2 is 1.68 bits per heavy atom. The predicted molar refractivity (Wildman–Crippen MR) is 144 cm³/mol. The number of amides is 3. The van der Waals surface area contributed by atoms with E-state index in [0.717, 1.165) is 16.0 Å². The standard InChI is InChI=1S/C30H32N2O6/c1-5-38-23-13-11-22(12-14-23)32-28(33)19-25(30(32)35)31(29(34)24-9-7-6-8-20(24)2)17-16-21-10-15-26(36-3)27(18-21)37-4/h6-15,18,25H,5,16-17,19H2,1-4H3. The first-order valence-electron chi connectivity index (χ1n) is 12.5. The van der Waals surface area contributed by atoms with Crippen molar-refractivity contribution in [3.05, 3.63) is 83.4 Å². The molecule has 0 radical (unpaired) electrons. The van der Waals surface area contributed by atoms with Crippen molar-refractivity contribution in [3.63, 3.8) is 0 Å². The van der Waals surface area contributed by atoms with E-state index in [4.69, 9.17) is 14.2 Å². The van der Waals surface area contributed by atoms with E-state index in [9.17, 15) is 14.4 Å². The molecule has 3 aromatic rings. The second-order valence-corrected chi connectivity index (χ2v) is 8.97. The summed E-state index contributed by atoms with van der Waals surface area (Å²) in [7, 11) is 3.13. The van der Waals surface area contributed by atoms with E-state index in [-0.39, 0.29) is 24.8 Å². The maximum absolute atomic E-state index is 13.8. The van der Waals surface area contributed by atoms with Crippen LogP contribution in [0.5, 0.6) is 17.2 Å². The van der Waals surface area contributed by atoms with E-state index >= 15 is 0 Å². The van der Waals surface area contributed by atoms with Gasteiger partial charge in [-0.05, 0) is 73.9 Å². The molecule has 8 heteroatoms. The first kappa shape index (κ1) is 26.7. The summed E-state index contributed by atoms with van der Waals surface area (Å²) >= 11 is 0. The largest absolute Gasteiger partial charge is 0.494 e. The van der Waals surface area contributed by atoms with Crippen molar-refractivity contribution in [3.8, 4) is 17.2 Å². The average Bonchev–Trinajstić information content (AvgIpc) is 3.22. The third-order valence-corrected chi connectivity index (χ3v) is 6.63. The van der Waals surface area contributed by atoms with Crippen LogP contribution < -0.4 is 19.1 Å². The van der Waals surface area contributed by atoms with Crippen LogP contribution in [0.25, 0.3) is 0 Å². The molecular weight excluding hydrogens is 484 g/mol. The van der Waals surface area contributed by atoms with Crippen molar-refractivity contribution < 1.29 is 28.6 Å². The van der Waals surface area contributed by atoms with Crippen molar-refractivity contribution in [2.24, 2.45) is 0 Å². The summed E-state index contributed by atoms with van der Waals surface area (Å²) in [4.78, 5) is 43.2. The van der Waals surface area contributed by atoms with Crippen LogP contribution in [-0.2, 0) is 16.0 Å². The fraction of sp³-hybridized carbons (Fsp3) is 0.300. The van der Waals surface area contributed by atoms with E-state index in [1.54, 1.807) is 56.7 Å². The van der Waals surface area contributed by atoms with E-state index in [1.165, 1.54) is 4.90 Å². The Kier molecular flexibility index (Phi) is 8.31. The highest BCUT2D eigenvalue weighted by molar-refractivity contribution is 6.23. The molecule has 0 bridgehead atoms. The normalized spacial score (nSPS) is 14.9. The summed E-state index contributed by atoms with van der Waals surface area (Å²) in [6, 6.07) is 18.7. The highest BCUT2D eigenvalue weighted by atomic mass is 16.5. The summed E-state index contributed by atoms with van der Waals surface area (Å²) in [5.74, 6) is 0.773. The summed E-state index contributed by atoms with van der Waals surface area (Å²) in [6.07, 6.45) is 0.370. The highest BCUT2D eigenvalue weighted by Crippen LogP contribution is 2.30. The second-order valence-electron chi connectivity index (χ2n) is 8.97. The molecule has 3 amide bonds. The van der Waals surface area contributed by atoms with Gasteiger partial charge < -0.3 is 19.1 Å². The fourth-order valence-corrected chi connectivity index (χ4v) is 4.64. The minimum absolute atomic E-state index is 0.0877. The molecule has 0 spiro atoms. The van der Waals surface area contributed by atoms with Gasteiger partial charge in [0.05, 0.1) is 32.9 Å². The highest BCUT2D eigenvalue weighted by Gasteiger charge is 2.44. The zero-order valence-corrected chi connectivity index (χ0v) is 22.1. The summed E-state index contributed by atoms with van der Waals surface area (Å²) in [6.45, 7) is 4.49. The van der Waals surface area contributed by atoms with Crippen LogP contribution in [-0.4, -0.2) is 56.0 Å². The van der Waals surface area contributed by atoms with Gasteiger partial charge in [0.1, 0.15) is 11.8 Å².